The van der Waals surface area contributed by atoms with Crippen LogP contribution < -0.4 is 0 Å². The van der Waals surface area contributed by atoms with E-state index in [9.17, 15) is 4.79 Å². The van der Waals surface area contributed by atoms with Gasteiger partial charge in [0, 0.05) is 17.7 Å². The number of hydrogen-bond acceptors (Lipinski definition) is 1. The fraction of sp³-hybridized carbons (Fsp3) is 0.533. The summed E-state index contributed by atoms with van der Waals surface area (Å²) in [5.41, 5.74) is 1.80. The van der Waals surface area contributed by atoms with Crippen LogP contribution in [0.2, 0.25) is 0 Å². The number of carbonyl (C=O) groups is 1. The third-order valence-electron chi connectivity index (χ3n) is 3.90. The monoisotopic (exact) mass is 233 g/mol. The molecule has 1 heterocycles. The van der Waals surface area contributed by atoms with E-state index in [1.165, 1.54) is 0 Å². The molecule has 0 bridgehead atoms. The number of nitrogens with zero attached hydrogens (tertiary/aromatic N) is 1. The molecule has 1 aliphatic heterocycles. The molecule has 2 nitrogen and oxygen atoms in total. The summed E-state index contributed by atoms with van der Waals surface area (Å²) in [6.45, 7) is 12.9. The van der Waals surface area contributed by atoms with E-state index < -0.39 is 0 Å². The molecule has 94 valence electrons. The largest absolute Gasteiger partial charge is 0.329 e. The van der Waals surface area contributed by atoms with Gasteiger partial charge in [-0.3, -0.25) is 4.79 Å². The zero-order chi connectivity index (χ0) is 13.1. The summed E-state index contributed by atoms with van der Waals surface area (Å²) in [4.78, 5) is 14.4. The second-order valence-corrected chi connectivity index (χ2v) is 4.74. The molecule has 0 aliphatic carbocycles. The lowest BCUT2D eigenvalue weighted by Gasteiger charge is -2.38. The van der Waals surface area contributed by atoms with Crippen LogP contribution in [0.3, 0.4) is 0 Å². The summed E-state index contributed by atoms with van der Waals surface area (Å²) in [5, 5.41) is 0. The van der Waals surface area contributed by atoms with E-state index in [1.54, 1.807) is 6.08 Å². The van der Waals surface area contributed by atoms with Gasteiger partial charge in [0.1, 0.15) is 0 Å². The molecule has 0 saturated heterocycles. The van der Waals surface area contributed by atoms with Crippen molar-refractivity contribution in [2.75, 3.05) is 6.54 Å². The maximum Gasteiger partial charge on any atom is 0.254 e. The summed E-state index contributed by atoms with van der Waals surface area (Å²) >= 11 is 0. The molecule has 0 fully saturated rings. The van der Waals surface area contributed by atoms with E-state index >= 15 is 0 Å². The molecule has 17 heavy (non-hydrogen) atoms. The van der Waals surface area contributed by atoms with Crippen LogP contribution in [0.15, 0.2) is 36.0 Å². The van der Waals surface area contributed by atoms with E-state index in [4.69, 9.17) is 0 Å². The Hall–Kier alpha value is -1.31. The second kappa shape index (κ2) is 5.35. The Kier molecular flexibility index (Phi) is 4.33. The summed E-state index contributed by atoms with van der Waals surface area (Å²) in [6.07, 6.45) is 7.56. The summed E-state index contributed by atoms with van der Waals surface area (Å²) < 4.78 is 0. The van der Waals surface area contributed by atoms with Crippen LogP contribution in [-0.2, 0) is 4.79 Å². The van der Waals surface area contributed by atoms with Gasteiger partial charge in [-0.15, -0.1) is 0 Å². The molecular weight excluding hydrogens is 210 g/mol. The van der Waals surface area contributed by atoms with E-state index in [0.717, 1.165) is 24.0 Å². The molecule has 1 rings (SSSR count). The SMILES string of the molecule is C=CC1=C(/C=C\C)C(=O)N(C(C)(CC)CC)C1. The minimum atomic E-state index is -0.0469. The lowest BCUT2D eigenvalue weighted by molar-refractivity contribution is -0.130. The first-order chi connectivity index (χ1) is 8.03. The molecule has 1 aliphatic rings. The average molecular weight is 233 g/mol. The van der Waals surface area contributed by atoms with Crippen LogP contribution in [-0.4, -0.2) is 22.9 Å². The first kappa shape index (κ1) is 13.8. The standard InChI is InChI=1S/C15H23NO/c1-6-10-13-12(7-2)11-16(14(13)17)15(5,8-3)9-4/h6-7,10H,2,8-9,11H2,1,3-5H3/b10-6-. The second-order valence-electron chi connectivity index (χ2n) is 4.74. The van der Waals surface area contributed by atoms with Crippen molar-refractivity contribution < 1.29 is 4.79 Å². The van der Waals surface area contributed by atoms with Crippen molar-refractivity contribution in [3.8, 4) is 0 Å². The lowest BCUT2D eigenvalue weighted by atomic mass is 9.93. The summed E-state index contributed by atoms with van der Waals surface area (Å²) in [6, 6.07) is 0. The zero-order valence-corrected chi connectivity index (χ0v) is 11.4. The third-order valence-corrected chi connectivity index (χ3v) is 3.90. The molecule has 0 unspecified atom stereocenters. The van der Waals surface area contributed by atoms with Gasteiger partial charge in [0.05, 0.1) is 0 Å². The Labute approximate surface area is 105 Å². The summed E-state index contributed by atoms with van der Waals surface area (Å²) in [5.74, 6) is 0.143. The Morgan fingerprint density at radius 1 is 1.41 bits per heavy atom. The number of allylic oxidation sites excluding steroid dienone is 1. The van der Waals surface area contributed by atoms with Gasteiger partial charge in [-0.05, 0) is 32.3 Å². The van der Waals surface area contributed by atoms with Crippen molar-refractivity contribution in [1.29, 1.82) is 0 Å². The molecule has 0 aromatic rings. The molecule has 0 saturated carbocycles. The van der Waals surface area contributed by atoms with Gasteiger partial charge < -0.3 is 4.90 Å². The van der Waals surface area contributed by atoms with E-state index in [2.05, 4.69) is 27.4 Å². The average Bonchev–Trinajstić information content (AvgIpc) is 2.67. The van der Waals surface area contributed by atoms with Gasteiger partial charge in [-0.1, -0.05) is 38.7 Å². The number of carbonyl (C=O) groups excluding carboxylic acids is 1. The predicted molar refractivity (Wildman–Crippen MR) is 72.7 cm³/mol. The van der Waals surface area contributed by atoms with Crippen LogP contribution in [0.1, 0.15) is 40.5 Å². The maximum absolute atomic E-state index is 12.4. The highest BCUT2D eigenvalue weighted by Crippen LogP contribution is 2.32. The molecule has 0 N–H and O–H groups in total. The van der Waals surface area contributed by atoms with E-state index in [1.807, 2.05) is 24.0 Å². The highest BCUT2D eigenvalue weighted by atomic mass is 16.2. The maximum atomic E-state index is 12.4. The normalized spacial score (nSPS) is 17.4. The highest BCUT2D eigenvalue weighted by Gasteiger charge is 2.38. The van der Waals surface area contributed by atoms with Gasteiger partial charge >= 0.3 is 0 Å². The lowest BCUT2D eigenvalue weighted by Crippen LogP contribution is -2.47. The quantitative estimate of drug-likeness (QED) is 0.712. The molecule has 0 atom stereocenters. The van der Waals surface area contributed by atoms with Crippen molar-refractivity contribution in [3.05, 3.63) is 36.0 Å². The minimum absolute atomic E-state index is 0.0469. The van der Waals surface area contributed by atoms with Gasteiger partial charge in [-0.2, -0.15) is 0 Å². The van der Waals surface area contributed by atoms with Gasteiger partial charge in [-0.25, -0.2) is 0 Å². The molecule has 0 aromatic carbocycles. The van der Waals surface area contributed by atoms with E-state index in [0.29, 0.717) is 6.54 Å². The van der Waals surface area contributed by atoms with E-state index in [-0.39, 0.29) is 11.4 Å². The molecular formula is C15H23NO. The third kappa shape index (κ3) is 2.36. The topological polar surface area (TPSA) is 20.3 Å². The van der Waals surface area contributed by atoms with Crippen molar-refractivity contribution >= 4 is 5.91 Å². The van der Waals surface area contributed by atoms with Crippen LogP contribution in [0.4, 0.5) is 0 Å². The predicted octanol–water partition coefficient (Wildman–Crippen LogP) is 3.47. The first-order valence-electron chi connectivity index (χ1n) is 6.34. The first-order valence-corrected chi connectivity index (χ1v) is 6.34. The highest BCUT2D eigenvalue weighted by molar-refractivity contribution is 6.00. The van der Waals surface area contributed by atoms with Crippen molar-refractivity contribution in [2.45, 2.75) is 46.1 Å². The Morgan fingerprint density at radius 2 is 2.00 bits per heavy atom. The Morgan fingerprint density at radius 3 is 2.41 bits per heavy atom. The van der Waals surface area contributed by atoms with Crippen LogP contribution in [0, 0.1) is 0 Å². The zero-order valence-electron chi connectivity index (χ0n) is 11.4. The minimum Gasteiger partial charge on any atom is -0.329 e. The molecule has 2 heteroatoms. The van der Waals surface area contributed by atoms with Gasteiger partial charge in [0.25, 0.3) is 5.91 Å². The van der Waals surface area contributed by atoms with Crippen molar-refractivity contribution in [3.63, 3.8) is 0 Å². The number of rotatable bonds is 5. The van der Waals surface area contributed by atoms with Gasteiger partial charge in [0.15, 0.2) is 0 Å². The molecule has 0 radical (unpaired) electrons. The van der Waals surface area contributed by atoms with Crippen molar-refractivity contribution in [2.24, 2.45) is 0 Å². The van der Waals surface area contributed by atoms with Crippen LogP contribution in [0.25, 0.3) is 0 Å². The van der Waals surface area contributed by atoms with Crippen LogP contribution >= 0.6 is 0 Å². The Bertz CT molecular complexity index is 372. The van der Waals surface area contributed by atoms with Crippen LogP contribution in [0.5, 0.6) is 0 Å². The number of amides is 1. The van der Waals surface area contributed by atoms with Gasteiger partial charge in [0.2, 0.25) is 0 Å². The fourth-order valence-electron chi connectivity index (χ4n) is 2.20. The molecule has 0 aromatic heterocycles. The fourth-order valence-corrected chi connectivity index (χ4v) is 2.20. The Balaban J connectivity index is 3.07. The molecule has 1 amide bonds. The number of hydrogen-bond donors (Lipinski definition) is 0. The molecule has 0 spiro atoms. The summed E-state index contributed by atoms with van der Waals surface area (Å²) in [7, 11) is 0. The van der Waals surface area contributed by atoms with Crippen molar-refractivity contribution in [1.82, 2.24) is 4.90 Å². The smallest absolute Gasteiger partial charge is 0.254 e.